The number of amides is 1. The maximum Gasteiger partial charge on any atom is 0.303 e. The molecule has 0 radical (unpaired) electrons. The average Bonchev–Trinajstić information content (AvgIpc) is 2.14. The molecule has 0 aromatic rings. The molecule has 14 heavy (non-hydrogen) atoms. The van der Waals surface area contributed by atoms with Gasteiger partial charge < -0.3 is 15.3 Å². The fourth-order valence-corrected chi connectivity index (χ4v) is 1.02. The van der Waals surface area contributed by atoms with Crippen molar-refractivity contribution in [3.05, 3.63) is 0 Å². The van der Waals surface area contributed by atoms with Gasteiger partial charge in [0.25, 0.3) is 0 Å². The van der Waals surface area contributed by atoms with Crippen LogP contribution >= 0.6 is 0 Å². The smallest absolute Gasteiger partial charge is 0.303 e. The van der Waals surface area contributed by atoms with E-state index in [1.807, 2.05) is 7.05 Å². The number of carboxylic acids is 1. The Morgan fingerprint density at radius 1 is 1.36 bits per heavy atom. The van der Waals surface area contributed by atoms with Crippen molar-refractivity contribution < 1.29 is 14.7 Å². The zero-order chi connectivity index (χ0) is 11.0. The topological polar surface area (TPSA) is 69.6 Å². The monoisotopic (exact) mass is 202 g/mol. The van der Waals surface area contributed by atoms with Crippen molar-refractivity contribution in [1.82, 2.24) is 10.2 Å². The minimum absolute atomic E-state index is 0.0881. The van der Waals surface area contributed by atoms with Crippen LogP contribution in [-0.4, -0.2) is 49.1 Å². The molecule has 0 aliphatic heterocycles. The Hall–Kier alpha value is -1.10. The summed E-state index contributed by atoms with van der Waals surface area (Å²) in [7, 11) is 3.55. The van der Waals surface area contributed by atoms with E-state index in [0.29, 0.717) is 6.54 Å². The number of nitrogens with zero attached hydrogens (tertiary/aromatic N) is 1. The van der Waals surface area contributed by atoms with Crippen molar-refractivity contribution in [2.45, 2.75) is 19.3 Å². The number of nitrogens with one attached hydrogen (secondary N) is 1. The first kappa shape index (κ1) is 12.9. The predicted molar refractivity (Wildman–Crippen MR) is 53.1 cm³/mol. The predicted octanol–water partition coefficient (Wildman–Crippen LogP) is -0.0809. The molecule has 2 N–H and O–H groups in total. The van der Waals surface area contributed by atoms with Gasteiger partial charge in [0.15, 0.2) is 0 Å². The Bertz CT molecular complexity index is 194. The molecule has 0 heterocycles. The van der Waals surface area contributed by atoms with E-state index in [4.69, 9.17) is 5.11 Å². The molecule has 0 saturated heterocycles. The third-order valence-corrected chi connectivity index (χ3v) is 1.90. The van der Waals surface area contributed by atoms with Crippen LogP contribution in [-0.2, 0) is 9.59 Å². The molecule has 0 atom stereocenters. The molecule has 0 rings (SSSR count). The summed E-state index contributed by atoms with van der Waals surface area (Å²) >= 11 is 0. The van der Waals surface area contributed by atoms with Gasteiger partial charge in [0.1, 0.15) is 0 Å². The first-order valence-electron chi connectivity index (χ1n) is 4.68. The SMILES string of the molecule is CNCCCN(C)C(=O)CCC(=O)O. The van der Waals surface area contributed by atoms with Gasteiger partial charge in [0.2, 0.25) is 5.91 Å². The van der Waals surface area contributed by atoms with E-state index in [9.17, 15) is 9.59 Å². The summed E-state index contributed by atoms with van der Waals surface area (Å²) in [6, 6.07) is 0. The number of carbonyl (C=O) groups is 2. The number of carboxylic acid groups (broad SMARTS) is 1. The fourth-order valence-electron chi connectivity index (χ4n) is 1.02. The lowest BCUT2D eigenvalue weighted by molar-refractivity contribution is -0.140. The molecule has 0 spiro atoms. The van der Waals surface area contributed by atoms with Gasteiger partial charge in [-0.25, -0.2) is 0 Å². The van der Waals surface area contributed by atoms with E-state index < -0.39 is 5.97 Å². The van der Waals surface area contributed by atoms with Crippen LogP contribution in [0.4, 0.5) is 0 Å². The third-order valence-electron chi connectivity index (χ3n) is 1.90. The van der Waals surface area contributed by atoms with Crippen LogP contribution in [0.3, 0.4) is 0 Å². The highest BCUT2D eigenvalue weighted by Gasteiger charge is 2.09. The van der Waals surface area contributed by atoms with Crippen molar-refractivity contribution in [1.29, 1.82) is 0 Å². The van der Waals surface area contributed by atoms with Gasteiger partial charge in [0, 0.05) is 20.0 Å². The van der Waals surface area contributed by atoms with Crippen molar-refractivity contribution >= 4 is 11.9 Å². The van der Waals surface area contributed by atoms with Crippen LogP contribution in [0.5, 0.6) is 0 Å². The summed E-state index contributed by atoms with van der Waals surface area (Å²) < 4.78 is 0. The van der Waals surface area contributed by atoms with Crippen molar-refractivity contribution in [3.8, 4) is 0 Å². The Balaban J connectivity index is 3.59. The van der Waals surface area contributed by atoms with E-state index >= 15 is 0 Å². The van der Waals surface area contributed by atoms with Gasteiger partial charge in [-0.3, -0.25) is 9.59 Å². The number of hydrogen-bond acceptors (Lipinski definition) is 3. The van der Waals surface area contributed by atoms with E-state index in [1.54, 1.807) is 11.9 Å². The van der Waals surface area contributed by atoms with E-state index in [-0.39, 0.29) is 18.7 Å². The molecule has 0 aromatic carbocycles. The van der Waals surface area contributed by atoms with Crippen molar-refractivity contribution in [2.75, 3.05) is 27.2 Å². The number of rotatable bonds is 7. The molecule has 0 bridgehead atoms. The number of hydrogen-bond donors (Lipinski definition) is 2. The van der Waals surface area contributed by atoms with Crippen LogP contribution in [0, 0.1) is 0 Å². The minimum atomic E-state index is -0.929. The lowest BCUT2D eigenvalue weighted by atomic mass is 10.2. The largest absolute Gasteiger partial charge is 0.481 e. The Morgan fingerprint density at radius 3 is 2.50 bits per heavy atom. The summed E-state index contributed by atoms with van der Waals surface area (Å²) in [6.07, 6.45) is 0.881. The van der Waals surface area contributed by atoms with Crippen molar-refractivity contribution in [2.24, 2.45) is 0 Å². The standard InChI is InChI=1S/C9H18N2O3/c1-10-6-3-7-11(2)8(12)4-5-9(13)14/h10H,3-7H2,1-2H3,(H,13,14). The van der Waals surface area contributed by atoms with Gasteiger partial charge in [-0.15, -0.1) is 0 Å². The highest BCUT2D eigenvalue weighted by atomic mass is 16.4. The maximum atomic E-state index is 11.3. The third kappa shape index (κ3) is 6.42. The summed E-state index contributed by atoms with van der Waals surface area (Å²) in [6.45, 7) is 1.52. The molecule has 82 valence electrons. The summed E-state index contributed by atoms with van der Waals surface area (Å²) in [5.74, 6) is -1.04. The molecular weight excluding hydrogens is 184 g/mol. The first-order chi connectivity index (χ1) is 6.57. The van der Waals surface area contributed by atoms with E-state index in [1.165, 1.54) is 0 Å². The quantitative estimate of drug-likeness (QED) is 0.566. The molecule has 0 unspecified atom stereocenters. The lowest BCUT2D eigenvalue weighted by Crippen LogP contribution is -2.29. The normalized spacial score (nSPS) is 9.86. The van der Waals surface area contributed by atoms with E-state index in [2.05, 4.69) is 5.32 Å². The molecule has 0 aromatic heterocycles. The second kappa shape index (κ2) is 7.32. The minimum Gasteiger partial charge on any atom is -0.481 e. The zero-order valence-corrected chi connectivity index (χ0v) is 8.75. The Kier molecular flexibility index (Phi) is 6.74. The van der Waals surface area contributed by atoms with Gasteiger partial charge in [0.05, 0.1) is 6.42 Å². The van der Waals surface area contributed by atoms with Gasteiger partial charge in [-0.2, -0.15) is 0 Å². The van der Waals surface area contributed by atoms with Crippen LogP contribution < -0.4 is 5.32 Å². The average molecular weight is 202 g/mol. The number of carbonyl (C=O) groups excluding carboxylic acids is 1. The maximum absolute atomic E-state index is 11.3. The second-order valence-electron chi connectivity index (χ2n) is 3.17. The van der Waals surface area contributed by atoms with Gasteiger partial charge in [-0.1, -0.05) is 0 Å². The van der Waals surface area contributed by atoms with Crippen LogP contribution in [0.15, 0.2) is 0 Å². The second-order valence-corrected chi connectivity index (χ2v) is 3.17. The fraction of sp³-hybridized carbons (Fsp3) is 0.778. The lowest BCUT2D eigenvalue weighted by Gasteiger charge is -2.16. The molecule has 0 saturated carbocycles. The zero-order valence-electron chi connectivity index (χ0n) is 8.75. The van der Waals surface area contributed by atoms with Gasteiger partial charge in [-0.05, 0) is 20.0 Å². The molecule has 5 nitrogen and oxygen atoms in total. The van der Waals surface area contributed by atoms with E-state index in [0.717, 1.165) is 13.0 Å². The van der Waals surface area contributed by atoms with Crippen LogP contribution in [0.25, 0.3) is 0 Å². The summed E-state index contributed by atoms with van der Waals surface area (Å²) in [5.41, 5.74) is 0. The Morgan fingerprint density at radius 2 is 2.00 bits per heavy atom. The molecular formula is C9H18N2O3. The highest BCUT2D eigenvalue weighted by molar-refractivity contribution is 5.80. The molecule has 0 fully saturated rings. The van der Waals surface area contributed by atoms with Crippen molar-refractivity contribution in [3.63, 3.8) is 0 Å². The molecule has 5 heteroatoms. The Labute approximate surface area is 84.1 Å². The summed E-state index contributed by atoms with van der Waals surface area (Å²) in [4.78, 5) is 23.1. The van der Waals surface area contributed by atoms with Crippen LogP contribution in [0.1, 0.15) is 19.3 Å². The molecule has 0 aliphatic rings. The van der Waals surface area contributed by atoms with Gasteiger partial charge >= 0.3 is 5.97 Å². The highest BCUT2D eigenvalue weighted by Crippen LogP contribution is 1.96. The first-order valence-corrected chi connectivity index (χ1v) is 4.68. The summed E-state index contributed by atoms with van der Waals surface area (Å²) in [5, 5.41) is 11.4. The van der Waals surface area contributed by atoms with Crippen LogP contribution in [0.2, 0.25) is 0 Å². The molecule has 0 aliphatic carbocycles. The molecule has 1 amide bonds. The number of aliphatic carboxylic acids is 1.